The molecule has 1 saturated heterocycles. The van der Waals surface area contributed by atoms with E-state index in [9.17, 15) is 9.59 Å². The van der Waals surface area contributed by atoms with Gasteiger partial charge in [-0.1, -0.05) is 0 Å². The predicted octanol–water partition coefficient (Wildman–Crippen LogP) is 1.18. The molecule has 0 aromatic heterocycles. The van der Waals surface area contributed by atoms with E-state index in [1.807, 2.05) is 6.92 Å². The summed E-state index contributed by atoms with van der Waals surface area (Å²) in [7, 11) is 0. The van der Waals surface area contributed by atoms with Crippen molar-refractivity contribution >= 4 is 11.8 Å². The SMILES string of the molecule is CCOc1ccc(OC(C)C(=O)NNC(=O)C2CCCO2)cc1. The quantitative estimate of drug-likeness (QED) is 0.768. The number of benzene rings is 1. The summed E-state index contributed by atoms with van der Waals surface area (Å²) in [6, 6.07) is 6.98. The highest BCUT2D eigenvalue weighted by molar-refractivity contribution is 5.86. The van der Waals surface area contributed by atoms with E-state index < -0.39 is 18.1 Å². The van der Waals surface area contributed by atoms with Crippen LogP contribution in [0.5, 0.6) is 11.5 Å². The van der Waals surface area contributed by atoms with Gasteiger partial charge in [-0.15, -0.1) is 0 Å². The lowest BCUT2D eigenvalue weighted by atomic mass is 10.2. The van der Waals surface area contributed by atoms with Gasteiger partial charge in [0.05, 0.1) is 6.61 Å². The van der Waals surface area contributed by atoms with Crippen molar-refractivity contribution in [3.05, 3.63) is 24.3 Å². The first-order chi connectivity index (χ1) is 11.1. The van der Waals surface area contributed by atoms with Crippen LogP contribution >= 0.6 is 0 Å². The molecule has 0 aliphatic carbocycles. The fourth-order valence-electron chi connectivity index (χ4n) is 2.13. The second kappa shape index (κ2) is 8.38. The minimum atomic E-state index is -0.752. The summed E-state index contributed by atoms with van der Waals surface area (Å²) in [5.74, 6) is 0.497. The zero-order valence-electron chi connectivity index (χ0n) is 13.3. The summed E-state index contributed by atoms with van der Waals surface area (Å²) < 4.78 is 16.1. The largest absolute Gasteiger partial charge is 0.494 e. The molecule has 1 heterocycles. The molecule has 1 aromatic carbocycles. The van der Waals surface area contributed by atoms with Gasteiger partial charge in [0.25, 0.3) is 11.8 Å². The minimum absolute atomic E-state index is 0.343. The predicted molar refractivity (Wildman–Crippen MR) is 83.0 cm³/mol. The Balaban J connectivity index is 1.76. The smallest absolute Gasteiger partial charge is 0.279 e. The summed E-state index contributed by atoms with van der Waals surface area (Å²) in [4.78, 5) is 23.6. The monoisotopic (exact) mass is 322 g/mol. The molecule has 2 N–H and O–H groups in total. The molecular weight excluding hydrogens is 300 g/mol. The van der Waals surface area contributed by atoms with Crippen molar-refractivity contribution in [2.75, 3.05) is 13.2 Å². The third kappa shape index (κ3) is 5.14. The van der Waals surface area contributed by atoms with Gasteiger partial charge in [-0.25, -0.2) is 0 Å². The van der Waals surface area contributed by atoms with Crippen molar-refractivity contribution < 1.29 is 23.8 Å². The zero-order valence-corrected chi connectivity index (χ0v) is 13.3. The summed E-state index contributed by atoms with van der Waals surface area (Å²) in [6.45, 7) is 4.67. The number of ether oxygens (including phenoxy) is 3. The van der Waals surface area contributed by atoms with E-state index in [1.54, 1.807) is 31.2 Å². The van der Waals surface area contributed by atoms with Crippen molar-refractivity contribution in [1.82, 2.24) is 10.9 Å². The van der Waals surface area contributed by atoms with Crippen LogP contribution in [0.3, 0.4) is 0 Å². The molecule has 1 aliphatic heterocycles. The highest BCUT2D eigenvalue weighted by Gasteiger charge is 2.24. The number of hydrogen-bond donors (Lipinski definition) is 2. The molecule has 0 saturated carbocycles. The van der Waals surface area contributed by atoms with Gasteiger partial charge < -0.3 is 14.2 Å². The lowest BCUT2D eigenvalue weighted by Gasteiger charge is -2.16. The molecule has 1 aliphatic rings. The number of rotatable bonds is 6. The maximum atomic E-state index is 11.9. The number of hydrogen-bond acceptors (Lipinski definition) is 5. The van der Waals surface area contributed by atoms with Gasteiger partial charge in [0.2, 0.25) is 0 Å². The minimum Gasteiger partial charge on any atom is -0.494 e. The molecule has 7 nitrogen and oxygen atoms in total. The van der Waals surface area contributed by atoms with Crippen LogP contribution in [0, 0.1) is 0 Å². The van der Waals surface area contributed by atoms with Crippen molar-refractivity contribution in [2.24, 2.45) is 0 Å². The van der Waals surface area contributed by atoms with Crippen molar-refractivity contribution in [1.29, 1.82) is 0 Å². The summed E-state index contributed by atoms with van der Waals surface area (Å²) in [5, 5.41) is 0. The van der Waals surface area contributed by atoms with E-state index in [2.05, 4.69) is 10.9 Å². The fourth-order valence-corrected chi connectivity index (χ4v) is 2.13. The third-order valence-corrected chi connectivity index (χ3v) is 3.35. The number of carbonyl (C=O) groups is 2. The highest BCUT2D eigenvalue weighted by atomic mass is 16.5. The maximum absolute atomic E-state index is 11.9. The molecular formula is C16H22N2O5. The maximum Gasteiger partial charge on any atom is 0.279 e. The van der Waals surface area contributed by atoms with Gasteiger partial charge >= 0.3 is 0 Å². The van der Waals surface area contributed by atoms with Crippen LogP contribution in [-0.4, -0.2) is 37.2 Å². The first-order valence-corrected chi connectivity index (χ1v) is 7.71. The van der Waals surface area contributed by atoms with Crippen molar-refractivity contribution in [3.8, 4) is 11.5 Å². The molecule has 1 aromatic rings. The molecule has 126 valence electrons. The van der Waals surface area contributed by atoms with Gasteiger partial charge in [0.1, 0.15) is 17.6 Å². The first-order valence-electron chi connectivity index (χ1n) is 7.71. The highest BCUT2D eigenvalue weighted by Crippen LogP contribution is 2.18. The van der Waals surface area contributed by atoms with Gasteiger partial charge in [-0.2, -0.15) is 0 Å². The molecule has 2 unspecified atom stereocenters. The first kappa shape index (κ1) is 17.1. The lowest BCUT2D eigenvalue weighted by molar-refractivity contribution is -0.136. The Morgan fingerprint density at radius 1 is 1.26 bits per heavy atom. The number of nitrogens with one attached hydrogen (secondary N) is 2. The molecule has 0 radical (unpaired) electrons. The Morgan fingerprint density at radius 3 is 2.57 bits per heavy atom. The van der Waals surface area contributed by atoms with Crippen molar-refractivity contribution in [3.63, 3.8) is 0 Å². The second-order valence-electron chi connectivity index (χ2n) is 5.14. The molecule has 0 bridgehead atoms. The van der Waals surface area contributed by atoms with Gasteiger partial charge in [0.15, 0.2) is 6.10 Å². The topological polar surface area (TPSA) is 85.9 Å². The van der Waals surface area contributed by atoms with Crippen LogP contribution in [-0.2, 0) is 14.3 Å². The Hall–Kier alpha value is -2.28. The Kier molecular flexibility index (Phi) is 6.22. The van der Waals surface area contributed by atoms with Crippen LogP contribution in [0.15, 0.2) is 24.3 Å². The van der Waals surface area contributed by atoms with Gasteiger partial charge in [0, 0.05) is 6.61 Å². The number of carbonyl (C=O) groups excluding carboxylic acids is 2. The molecule has 2 rings (SSSR count). The van der Waals surface area contributed by atoms with Gasteiger partial charge in [-0.3, -0.25) is 20.4 Å². The number of hydrazine groups is 1. The summed E-state index contributed by atoms with van der Waals surface area (Å²) >= 11 is 0. The zero-order chi connectivity index (χ0) is 16.7. The van der Waals surface area contributed by atoms with E-state index >= 15 is 0 Å². The molecule has 23 heavy (non-hydrogen) atoms. The molecule has 1 fully saturated rings. The summed E-state index contributed by atoms with van der Waals surface area (Å²) in [6.07, 6.45) is 0.277. The van der Waals surface area contributed by atoms with E-state index in [4.69, 9.17) is 14.2 Å². The lowest BCUT2D eigenvalue weighted by Crippen LogP contribution is -2.50. The van der Waals surface area contributed by atoms with Crippen LogP contribution < -0.4 is 20.3 Å². The van der Waals surface area contributed by atoms with Crippen molar-refractivity contribution in [2.45, 2.75) is 38.9 Å². The summed E-state index contributed by atoms with van der Waals surface area (Å²) in [5.41, 5.74) is 4.70. The molecule has 2 amide bonds. The third-order valence-electron chi connectivity index (χ3n) is 3.35. The van der Waals surface area contributed by atoms with E-state index in [0.29, 0.717) is 25.4 Å². The fraction of sp³-hybridized carbons (Fsp3) is 0.500. The Bertz CT molecular complexity index is 526. The van der Waals surface area contributed by atoms with Crippen LogP contribution in [0.4, 0.5) is 0 Å². The number of amides is 2. The Labute approximate surface area is 135 Å². The second-order valence-corrected chi connectivity index (χ2v) is 5.14. The standard InChI is InChI=1S/C16H22N2O5/c1-3-21-12-6-8-13(9-7-12)23-11(2)15(19)17-18-16(20)14-5-4-10-22-14/h6-9,11,14H,3-5,10H2,1-2H3,(H,17,19)(H,18,20). The van der Waals surface area contributed by atoms with Crippen LogP contribution in [0.25, 0.3) is 0 Å². The van der Waals surface area contributed by atoms with Crippen LogP contribution in [0.2, 0.25) is 0 Å². The Morgan fingerprint density at radius 2 is 1.96 bits per heavy atom. The van der Waals surface area contributed by atoms with E-state index in [1.165, 1.54) is 0 Å². The van der Waals surface area contributed by atoms with Crippen LogP contribution in [0.1, 0.15) is 26.7 Å². The normalized spacial score (nSPS) is 18.1. The van der Waals surface area contributed by atoms with E-state index in [0.717, 1.165) is 12.2 Å². The average molecular weight is 322 g/mol. The molecule has 2 atom stereocenters. The molecule has 0 spiro atoms. The molecule has 7 heteroatoms. The van der Waals surface area contributed by atoms with E-state index in [-0.39, 0.29) is 5.91 Å². The van der Waals surface area contributed by atoms with Gasteiger partial charge in [-0.05, 0) is 51.0 Å². The average Bonchev–Trinajstić information content (AvgIpc) is 3.09.